The zero-order chi connectivity index (χ0) is 16.2. The van der Waals surface area contributed by atoms with Crippen LogP contribution in [0.25, 0.3) is 11.2 Å². The van der Waals surface area contributed by atoms with Gasteiger partial charge in [-0.2, -0.15) is 9.97 Å². The second kappa shape index (κ2) is 6.60. The topological polar surface area (TPSA) is 94.5 Å². The number of imidazole rings is 1. The van der Waals surface area contributed by atoms with Crippen LogP contribution < -0.4 is 11.1 Å². The Morgan fingerprint density at radius 1 is 1.26 bits per heavy atom. The van der Waals surface area contributed by atoms with E-state index in [0.29, 0.717) is 23.8 Å². The van der Waals surface area contributed by atoms with E-state index in [1.54, 1.807) is 6.33 Å². The van der Waals surface area contributed by atoms with Crippen molar-refractivity contribution >= 4 is 22.9 Å². The molecule has 0 aliphatic carbocycles. The molecule has 0 radical (unpaired) electrons. The van der Waals surface area contributed by atoms with Gasteiger partial charge >= 0.3 is 0 Å². The Kier molecular flexibility index (Phi) is 4.36. The Bertz CT molecular complexity index is 809. The maximum atomic E-state index is 6.01. The van der Waals surface area contributed by atoms with Gasteiger partial charge < -0.3 is 15.6 Å². The van der Waals surface area contributed by atoms with Crippen molar-refractivity contribution in [3.05, 3.63) is 35.9 Å². The first-order valence-electron chi connectivity index (χ1n) is 7.80. The predicted octanol–water partition coefficient (Wildman–Crippen LogP) is 2.37. The second-order valence-electron chi connectivity index (χ2n) is 5.63. The van der Waals surface area contributed by atoms with Gasteiger partial charge in [0.15, 0.2) is 11.5 Å². The quantitative estimate of drug-likeness (QED) is 0.679. The van der Waals surface area contributed by atoms with E-state index in [-0.39, 0.29) is 0 Å². The van der Waals surface area contributed by atoms with Gasteiger partial charge in [0.1, 0.15) is 5.52 Å². The molecule has 0 aliphatic heterocycles. The summed E-state index contributed by atoms with van der Waals surface area (Å²) in [6.07, 6.45) is 7.61. The molecule has 7 heteroatoms. The molecule has 7 nitrogen and oxygen atoms in total. The number of pyridine rings is 1. The summed E-state index contributed by atoms with van der Waals surface area (Å²) in [5.74, 6) is 0.947. The maximum Gasteiger partial charge on any atom is 0.226 e. The van der Waals surface area contributed by atoms with Crippen LogP contribution in [0.1, 0.15) is 30.9 Å². The molecule has 3 aromatic rings. The Labute approximate surface area is 135 Å². The molecule has 0 aromatic carbocycles. The highest BCUT2D eigenvalue weighted by Crippen LogP contribution is 2.19. The van der Waals surface area contributed by atoms with Gasteiger partial charge in [0.05, 0.1) is 12.9 Å². The highest BCUT2D eigenvalue weighted by molar-refractivity contribution is 5.82. The predicted molar refractivity (Wildman–Crippen MR) is 91.2 cm³/mol. The summed E-state index contributed by atoms with van der Waals surface area (Å²) in [6.45, 7) is 5.65. The zero-order valence-corrected chi connectivity index (χ0v) is 13.5. The number of unbranched alkanes of at least 4 members (excludes halogenated alkanes) is 1. The van der Waals surface area contributed by atoms with Crippen molar-refractivity contribution in [2.45, 2.75) is 33.2 Å². The smallest absolute Gasteiger partial charge is 0.226 e. The number of nitrogens with two attached hydrogens (primary N) is 1. The lowest BCUT2D eigenvalue weighted by molar-refractivity contribution is 0.804. The molecule has 0 amide bonds. The number of fused-ring (bicyclic) bond motifs is 1. The summed E-state index contributed by atoms with van der Waals surface area (Å²) in [7, 11) is 0. The van der Waals surface area contributed by atoms with Crippen LogP contribution in [-0.4, -0.2) is 31.0 Å². The number of nitrogen functional groups attached to an aromatic ring is 1. The molecule has 0 saturated heterocycles. The average molecular weight is 311 g/mol. The van der Waals surface area contributed by atoms with Crippen LogP contribution in [0.15, 0.2) is 24.8 Å². The summed E-state index contributed by atoms with van der Waals surface area (Å²) < 4.78 is 1.97. The molecule has 23 heavy (non-hydrogen) atoms. The van der Waals surface area contributed by atoms with Crippen molar-refractivity contribution in [1.29, 1.82) is 0 Å². The van der Waals surface area contributed by atoms with E-state index in [0.717, 1.165) is 36.2 Å². The van der Waals surface area contributed by atoms with Crippen molar-refractivity contribution in [3.8, 4) is 0 Å². The van der Waals surface area contributed by atoms with Crippen molar-refractivity contribution in [2.75, 3.05) is 17.6 Å². The van der Waals surface area contributed by atoms with Crippen molar-refractivity contribution in [1.82, 2.24) is 24.5 Å². The molecule has 0 fully saturated rings. The van der Waals surface area contributed by atoms with Crippen LogP contribution in [0.3, 0.4) is 0 Å². The zero-order valence-electron chi connectivity index (χ0n) is 13.5. The van der Waals surface area contributed by atoms with Crippen LogP contribution in [0.2, 0.25) is 0 Å². The minimum Gasteiger partial charge on any atom is -0.382 e. The van der Waals surface area contributed by atoms with E-state index in [9.17, 15) is 0 Å². The second-order valence-corrected chi connectivity index (χ2v) is 5.63. The number of nitrogens with zero attached hydrogens (tertiary/aromatic N) is 5. The number of nitrogens with one attached hydrogen (secondary N) is 1. The largest absolute Gasteiger partial charge is 0.382 e. The molecule has 3 heterocycles. The molecule has 0 aliphatic rings. The molecule has 3 rings (SSSR count). The third-order valence-corrected chi connectivity index (χ3v) is 3.59. The van der Waals surface area contributed by atoms with Crippen molar-refractivity contribution in [2.24, 2.45) is 0 Å². The van der Waals surface area contributed by atoms with Crippen LogP contribution in [0.4, 0.5) is 11.8 Å². The molecule has 0 unspecified atom stereocenters. The summed E-state index contributed by atoms with van der Waals surface area (Å²) in [4.78, 5) is 17.4. The van der Waals surface area contributed by atoms with E-state index in [1.807, 2.05) is 23.9 Å². The lowest BCUT2D eigenvalue weighted by Crippen LogP contribution is -2.08. The van der Waals surface area contributed by atoms with E-state index in [4.69, 9.17) is 5.73 Å². The summed E-state index contributed by atoms with van der Waals surface area (Å²) >= 11 is 0. The van der Waals surface area contributed by atoms with E-state index in [2.05, 4.69) is 38.2 Å². The van der Waals surface area contributed by atoms with Crippen LogP contribution in [-0.2, 0) is 6.54 Å². The number of aryl methyl sites for hydroxylation is 1. The van der Waals surface area contributed by atoms with Gasteiger partial charge in [-0.15, -0.1) is 0 Å². The minimum absolute atomic E-state index is 0.398. The van der Waals surface area contributed by atoms with Crippen molar-refractivity contribution in [3.63, 3.8) is 0 Å². The lowest BCUT2D eigenvalue weighted by atomic mass is 10.2. The molecular formula is C16H21N7. The van der Waals surface area contributed by atoms with Crippen LogP contribution in [0.5, 0.6) is 0 Å². The highest BCUT2D eigenvalue weighted by Gasteiger charge is 2.11. The van der Waals surface area contributed by atoms with Gasteiger partial charge in [0.25, 0.3) is 0 Å². The first kappa shape index (κ1) is 15.2. The van der Waals surface area contributed by atoms with Gasteiger partial charge in [-0.1, -0.05) is 19.4 Å². The summed E-state index contributed by atoms with van der Waals surface area (Å²) in [5, 5.41) is 3.21. The van der Waals surface area contributed by atoms with E-state index >= 15 is 0 Å². The molecule has 0 atom stereocenters. The van der Waals surface area contributed by atoms with Crippen LogP contribution >= 0.6 is 0 Å². The third kappa shape index (κ3) is 3.39. The van der Waals surface area contributed by atoms with E-state index in [1.165, 1.54) is 0 Å². The molecule has 3 aromatic heterocycles. The maximum absolute atomic E-state index is 6.01. The standard InChI is InChI=1S/C16H21N7/c1-3-4-5-19-16-21-14(17)13-15(22-16)23(10-20-13)9-12-6-11(2)7-18-8-12/h6-8,10H,3-5,9H2,1-2H3,(H3,17,19,21,22). The SMILES string of the molecule is CCCCNc1nc(N)c2ncn(Cc3cncc(C)c3)c2n1. The van der Waals surface area contributed by atoms with Gasteiger partial charge in [-0.05, 0) is 24.5 Å². The number of aromatic nitrogens is 5. The summed E-state index contributed by atoms with van der Waals surface area (Å²) in [6, 6.07) is 2.10. The third-order valence-electron chi connectivity index (χ3n) is 3.59. The number of rotatable bonds is 6. The van der Waals surface area contributed by atoms with Gasteiger partial charge in [-0.3, -0.25) is 4.98 Å². The van der Waals surface area contributed by atoms with Crippen LogP contribution in [0, 0.1) is 6.92 Å². The Morgan fingerprint density at radius 3 is 2.91 bits per heavy atom. The van der Waals surface area contributed by atoms with Gasteiger partial charge in [0, 0.05) is 18.9 Å². The fourth-order valence-corrected chi connectivity index (χ4v) is 2.44. The lowest BCUT2D eigenvalue weighted by Gasteiger charge is -2.07. The monoisotopic (exact) mass is 311 g/mol. The molecular weight excluding hydrogens is 290 g/mol. The Balaban J connectivity index is 1.91. The molecule has 3 N–H and O–H groups in total. The minimum atomic E-state index is 0.398. The van der Waals surface area contributed by atoms with Crippen molar-refractivity contribution < 1.29 is 0 Å². The van der Waals surface area contributed by atoms with Gasteiger partial charge in [0.2, 0.25) is 5.95 Å². The average Bonchev–Trinajstić information content (AvgIpc) is 2.91. The fraction of sp³-hybridized carbons (Fsp3) is 0.375. The first-order chi connectivity index (χ1) is 11.2. The number of hydrogen-bond donors (Lipinski definition) is 2. The Hall–Kier alpha value is -2.70. The molecule has 0 bridgehead atoms. The summed E-state index contributed by atoms with van der Waals surface area (Å²) in [5.41, 5.74) is 9.61. The first-order valence-corrected chi connectivity index (χ1v) is 7.80. The Morgan fingerprint density at radius 2 is 2.13 bits per heavy atom. The molecule has 120 valence electrons. The molecule has 0 saturated carbocycles. The highest BCUT2D eigenvalue weighted by atomic mass is 15.2. The molecule has 0 spiro atoms. The number of hydrogen-bond acceptors (Lipinski definition) is 6. The van der Waals surface area contributed by atoms with Gasteiger partial charge in [-0.25, -0.2) is 4.98 Å². The van der Waals surface area contributed by atoms with E-state index < -0.39 is 0 Å². The normalized spacial score (nSPS) is 11.0. The fourth-order valence-electron chi connectivity index (χ4n) is 2.44. The number of anilines is 2.